The Kier molecular flexibility index (Phi) is 3.78. The van der Waals surface area contributed by atoms with E-state index in [-0.39, 0.29) is 22.3 Å². The van der Waals surface area contributed by atoms with Crippen molar-refractivity contribution in [2.45, 2.75) is 10.4 Å². The van der Waals surface area contributed by atoms with Crippen LogP contribution in [-0.2, 0) is 19.1 Å². The standard InChI is InChI=1S/C12H10Cl3N5O4/c1-23-8(21)11(9(22)24-2)7(12(11,14)15)20-6-4(19-10(20)16)5(13)17-3-18-6/h3,7H,1-2H3,(H2,16,19). The van der Waals surface area contributed by atoms with E-state index in [4.69, 9.17) is 50.0 Å². The second-order valence-electron chi connectivity index (χ2n) is 4.99. The highest BCUT2D eigenvalue weighted by Crippen LogP contribution is 2.73. The lowest BCUT2D eigenvalue weighted by Gasteiger charge is -2.13. The Hall–Kier alpha value is -1.84. The monoisotopic (exact) mass is 393 g/mol. The van der Waals surface area contributed by atoms with Crippen molar-refractivity contribution in [1.82, 2.24) is 19.5 Å². The van der Waals surface area contributed by atoms with Crippen molar-refractivity contribution >= 4 is 63.9 Å². The Balaban J connectivity index is 2.27. The summed E-state index contributed by atoms with van der Waals surface area (Å²) in [6.45, 7) is 0. The zero-order valence-corrected chi connectivity index (χ0v) is 14.6. The molecule has 1 atom stereocenters. The summed E-state index contributed by atoms with van der Waals surface area (Å²) in [5, 5.41) is 0.0441. The highest BCUT2D eigenvalue weighted by Gasteiger charge is 2.88. The molecule has 2 aromatic rings. The number of carbonyl (C=O) groups is 2. The third kappa shape index (κ3) is 1.86. The van der Waals surface area contributed by atoms with Crippen LogP contribution in [0.25, 0.3) is 11.2 Å². The number of imidazole rings is 1. The van der Waals surface area contributed by atoms with Gasteiger partial charge in [-0.2, -0.15) is 0 Å². The Labute approximate surface area is 150 Å². The first-order valence-electron chi connectivity index (χ1n) is 6.43. The number of aromatic nitrogens is 4. The second-order valence-corrected chi connectivity index (χ2v) is 6.74. The van der Waals surface area contributed by atoms with E-state index >= 15 is 0 Å². The second kappa shape index (κ2) is 5.33. The third-order valence-corrected chi connectivity index (χ3v) is 5.21. The number of halogens is 3. The van der Waals surface area contributed by atoms with Crippen LogP contribution in [0.2, 0.25) is 5.15 Å². The predicted octanol–water partition coefficient (Wildman–Crippen LogP) is 1.12. The van der Waals surface area contributed by atoms with Crippen LogP contribution >= 0.6 is 34.8 Å². The first kappa shape index (κ1) is 17.0. The molecule has 3 rings (SSSR count). The first-order valence-corrected chi connectivity index (χ1v) is 7.57. The Morgan fingerprint density at radius 3 is 2.38 bits per heavy atom. The van der Waals surface area contributed by atoms with Gasteiger partial charge in [-0.05, 0) is 0 Å². The molecule has 2 N–H and O–H groups in total. The minimum Gasteiger partial charge on any atom is -0.468 e. The van der Waals surface area contributed by atoms with Gasteiger partial charge in [0.1, 0.15) is 17.9 Å². The third-order valence-electron chi connectivity index (χ3n) is 3.93. The van der Waals surface area contributed by atoms with E-state index in [0.717, 1.165) is 14.2 Å². The van der Waals surface area contributed by atoms with Gasteiger partial charge < -0.3 is 15.2 Å². The Morgan fingerprint density at radius 1 is 1.25 bits per heavy atom. The number of nitrogens with zero attached hydrogens (tertiary/aromatic N) is 4. The molecule has 9 nitrogen and oxygen atoms in total. The minimum absolute atomic E-state index is 0.0441. The molecule has 0 bridgehead atoms. The summed E-state index contributed by atoms with van der Waals surface area (Å²) in [6, 6.07) is -1.15. The molecule has 0 radical (unpaired) electrons. The predicted molar refractivity (Wildman–Crippen MR) is 84.7 cm³/mol. The fraction of sp³-hybridized carbons (Fsp3) is 0.417. The molecule has 12 heteroatoms. The lowest BCUT2D eigenvalue weighted by molar-refractivity contribution is -0.162. The number of fused-ring (bicyclic) bond motifs is 1. The maximum atomic E-state index is 12.3. The molecule has 0 amide bonds. The number of rotatable bonds is 3. The van der Waals surface area contributed by atoms with E-state index in [0.29, 0.717) is 0 Å². The molecule has 1 fully saturated rings. The lowest BCUT2D eigenvalue weighted by Crippen LogP contribution is -2.34. The molecule has 24 heavy (non-hydrogen) atoms. The maximum absolute atomic E-state index is 12.3. The number of nitrogens with two attached hydrogens (primary N) is 1. The van der Waals surface area contributed by atoms with Gasteiger partial charge in [0.25, 0.3) is 0 Å². The summed E-state index contributed by atoms with van der Waals surface area (Å²) in [5.41, 5.74) is 4.22. The summed E-state index contributed by atoms with van der Waals surface area (Å²) >= 11 is 18.5. The zero-order valence-electron chi connectivity index (χ0n) is 12.3. The van der Waals surface area contributed by atoms with Crippen molar-refractivity contribution in [3.8, 4) is 0 Å². The normalized spacial score (nSPS) is 20.6. The van der Waals surface area contributed by atoms with Crippen molar-refractivity contribution in [2.24, 2.45) is 5.41 Å². The minimum atomic E-state index is -2.02. The zero-order chi connectivity index (χ0) is 17.9. The van der Waals surface area contributed by atoms with Crippen molar-refractivity contribution in [3.63, 3.8) is 0 Å². The van der Waals surface area contributed by atoms with E-state index in [1.54, 1.807) is 0 Å². The molecule has 2 aromatic heterocycles. The molecule has 2 heterocycles. The summed E-state index contributed by atoms with van der Waals surface area (Å²) in [7, 11) is 2.20. The SMILES string of the molecule is COC(=O)C1(C(=O)OC)C(n2c(N)nc3c(Cl)ncnc32)C1(Cl)Cl. The average molecular weight is 395 g/mol. The lowest BCUT2D eigenvalue weighted by atomic mass is 10.1. The van der Waals surface area contributed by atoms with E-state index in [2.05, 4.69) is 15.0 Å². The molecule has 0 aromatic carbocycles. The van der Waals surface area contributed by atoms with Gasteiger partial charge in [-0.25, -0.2) is 15.0 Å². The van der Waals surface area contributed by atoms with Crippen LogP contribution in [0.5, 0.6) is 0 Å². The topological polar surface area (TPSA) is 122 Å². The van der Waals surface area contributed by atoms with E-state index in [9.17, 15) is 9.59 Å². The van der Waals surface area contributed by atoms with Crippen LogP contribution in [0.3, 0.4) is 0 Å². The molecule has 0 spiro atoms. The highest BCUT2D eigenvalue weighted by molar-refractivity contribution is 6.56. The van der Waals surface area contributed by atoms with Gasteiger partial charge in [0.15, 0.2) is 15.1 Å². The Morgan fingerprint density at radius 2 is 1.83 bits per heavy atom. The van der Waals surface area contributed by atoms with Crippen LogP contribution < -0.4 is 5.73 Å². The number of nitrogen functional groups attached to an aromatic ring is 1. The summed E-state index contributed by atoms with van der Waals surface area (Å²) in [6.07, 6.45) is 1.17. The van der Waals surface area contributed by atoms with Crippen molar-refractivity contribution in [1.29, 1.82) is 0 Å². The van der Waals surface area contributed by atoms with Crippen LogP contribution in [0.15, 0.2) is 6.33 Å². The van der Waals surface area contributed by atoms with Crippen molar-refractivity contribution in [2.75, 3.05) is 20.0 Å². The van der Waals surface area contributed by atoms with Gasteiger partial charge in [-0.1, -0.05) is 34.8 Å². The molecule has 128 valence electrons. The van der Waals surface area contributed by atoms with Crippen LogP contribution in [0, 0.1) is 5.41 Å². The number of esters is 2. The molecule has 0 saturated heterocycles. The van der Waals surface area contributed by atoms with E-state index < -0.39 is 27.7 Å². The van der Waals surface area contributed by atoms with Gasteiger partial charge in [0.2, 0.25) is 11.4 Å². The van der Waals surface area contributed by atoms with Crippen molar-refractivity contribution < 1.29 is 19.1 Å². The van der Waals surface area contributed by atoms with Crippen LogP contribution in [0.4, 0.5) is 5.95 Å². The molecule has 1 aliphatic carbocycles. The van der Waals surface area contributed by atoms with Crippen molar-refractivity contribution in [3.05, 3.63) is 11.5 Å². The molecular weight excluding hydrogens is 385 g/mol. The average Bonchev–Trinajstić information content (AvgIpc) is 2.86. The maximum Gasteiger partial charge on any atom is 0.328 e. The van der Waals surface area contributed by atoms with Gasteiger partial charge in [-0.3, -0.25) is 14.2 Å². The Bertz CT molecular complexity index is 852. The van der Waals surface area contributed by atoms with Gasteiger partial charge in [-0.15, -0.1) is 0 Å². The number of methoxy groups -OCH3 is 2. The number of alkyl halides is 2. The fourth-order valence-corrected chi connectivity index (χ4v) is 3.89. The summed E-state index contributed by atoms with van der Waals surface area (Å²) in [4.78, 5) is 36.5. The summed E-state index contributed by atoms with van der Waals surface area (Å²) < 4.78 is 8.76. The smallest absolute Gasteiger partial charge is 0.328 e. The molecule has 1 unspecified atom stereocenters. The number of carbonyl (C=O) groups excluding carboxylic acids is 2. The van der Waals surface area contributed by atoms with E-state index in [1.165, 1.54) is 10.9 Å². The quantitative estimate of drug-likeness (QED) is 0.356. The number of hydrogen-bond acceptors (Lipinski definition) is 8. The first-order chi connectivity index (χ1) is 11.2. The fourth-order valence-electron chi connectivity index (χ4n) is 2.80. The number of hydrogen-bond donors (Lipinski definition) is 1. The van der Waals surface area contributed by atoms with Gasteiger partial charge in [0.05, 0.1) is 14.2 Å². The van der Waals surface area contributed by atoms with Gasteiger partial charge >= 0.3 is 11.9 Å². The molecular formula is C12H10Cl3N5O4. The van der Waals surface area contributed by atoms with E-state index in [1.807, 2.05) is 0 Å². The molecule has 1 saturated carbocycles. The highest BCUT2D eigenvalue weighted by atomic mass is 35.5. The van der Waals surface area contributed by atoms with Crippen LogP contribution in [0.1, 0.15) is 6.04 Å². The molecule has 1 aliphatic rings. The largest absolute Gasteiger partial charge is 0.468 e. The number of anilines is 1. The van der Waals surface area contributed by atoms with Gasteiger partial charge in [0, 0.05) is 0 Å². The van der Waals surface area contributed by atoms with Crippen LogP contribution in [-0.4, -0.2) is 50.0 Å². The molecule has 0 aliphatic heterocycles. The summed E-state index contributed by atoms with van der Waals surface area (Å²) in [5.74, 6) is -2.03. The number of ether oxygens (including phenoxy) is 2.